The number of ether oxygens (including phenoxy) is 2. The number of hydrogen-bond donors (Lipinski definition) is 1. The third-order valence-electron chi connectivity index (χ3n) is 7.47. The lowest BCUT2D eigenvalue weighted by Gasteiger charge is -2.32. The SMILES string of the molecule is CCOc1ccc(N(CC(=O)N(Cc2cccc(OC)c2)C(C)C(=O)NC2CCCC2)S(=O)(=O)c2ccc(F)cc2)cc1. The van der Waals surface area contributed by atoms with Gasteiger partial charge in [0.25, 0.3) is 10.0 Å². The second-order valence-electron chi connectivity index (χ2n) is 10.4. The molecule has 0 radical (unpaired) electrons. The minimum Gasteiger partial charge on any atom is -0.497 e. The number of sulfonamides is 1. The molecule has 1 unspecified atom stereocenters. The Morgan fingerprint density at radius 2 is 1.67 bits per heavy atom. The minimum absolute atomic E-state index is 0.0444. The number of benzene rings is 3. The van der Waals surface area contributed by atoms with Crippen molar-refractivity contribution in [2.24, 2.45) is 0 Å². The Morgan fingerprint density at radius 3 is 2.30 bits per heavy atom. The first-order chi connectivity index (χ1) is 20.6. The zero-order chi connectivity index (χ0) is 31.0. The van der Waals surface area contributed by atoms with Crippen molar-refractivity contribution in [2.45, 2.75) is 63.1 Å². The first-order valence-electron chi connectivity index (χ1n) is 14.4. The van der Waals surface area contributed by atoms with Crippen LogP contribution in [0.3, 0.4) is 0 Å². The number of halogens is 1. The molecule has 3 aromatic carbocycles. The summed E-state index contributed by atoms with van der Waals surface area (Å²) < 4.78 is 53.3. The fourth-order valence-electron chi connectivity index (χ4n) is 5.08. The van der Waals surface area contributed by atoms with Crippen LogP contribution < -0.4 is 19.1 Å². The lowest BCUT2D eigenvalue weighted by Crippen LogP contribution is -2.52. The maximum Gasteiger partial charge on any atom is 0.264 e. The second kappa shape index (κ2) is 14.4. The van der Waals surface area contributed by atoms with Gasteiger partial charge in [-0.05, 0) is 92.9 Å². The Bertz CT molecular complexity index is 1490. The Balaban J connectivity index is 1.69. The number of carbonyl (C=O) groups excluding carboxylic acids is 2. The summed E-state index contributed by atoms with van der Waals surface area (Å²) in [4.78, 5) is 28.6. The highest BCUT2D eigenvalue weighted by molar-refractivity contribution is 7.92. The van der Waals surface area contributed by atoms with Crippen molar-refractivity contribution in [3.63, 3.8) is 0 Å². The maximum absolute atomic E-state index is 14.1. The zero-order valence-electron chi connectivity index (χ0n) is 24.7. The van der Waals surface area contributed by atoms with Crippen LogP contribution in [0.1, 0.15) is 45.1 Å². The topological polar surface area (TPSA) is 105 Å². The van der Waals surface area contributed by atoms with Crippen molar-refractivity contribution in [2.75, 3.05) is 24.6 Å². The van der Waals surface area contributed by atoms with E-state index in [4.69, 9.17) is 9.47 Å². The molecule has 0 spiro atoms. The molecule has 0 aliphatic heterocycles. The van der Waals surface area contributed by atoms with E-state index in [1.165, 1.54) is 12.0 Å². The second-order valence-corrected chi connectivity index (χ2v) is 12.3. The van der Waals surface area contributed by atoms with Crippen molar-refractivity contribution in [3.8, 4) is 11.5 Å². The van der Waals surface area contributed by atoms with Crippen LogP contribution in [-0.4, -0.2) is 57.5 Å². The Kier molecular flexibility index (Phi) is 10.6. The number of rotatable bonds is 13. The fraction of sp³-hybridized carbons (Fsp3) is 0.375. The van der Waals surface area contributed by atoms with Crippen LogP contribution in [0.25, 0.3) is 0 Å². The zero-order valence-corrected chi connectivity index (χ0v) is 25.5. The van der Waals surface area contributed by atoms with Crippen LogP contribution in [0.4, 0.5) is 10.1 Å². The Morgan fingerprint density at radius 1 is 1.00 bits per heavy atom. The number of anilines is 1. The van der Waals surface area contributed by atoms with E-state index in [2.05, 4.69) is 5.32 Å². The van der Waals surface area contributed by atoms with Crippen molar-refractivity contribution < 1.29 is 31.9 Å². The molecule has 1 N–H and O–H groups in total. The first-order valence-corrected chi connectivity index (χ1v) is 15.8. The summed E-state index contributed by atoms with van der Waals surface area (Å²) in [7, 11) is -2.78. The molecule has 1 atom stereocenters. The number of hydrogen-bond acceptors (Lipinski definition) is 6. The van der Waals surface area contributed by atoms with Gasteiger partial charge in [0.15, 0.2) is 0 Å². The summed E-state index contributed by atoms with van der Waals surface area (Å²) in [5, 5.41) is 3.05. The van der Waals surface area contributed by atoms with E-state index in [0.29, 0.717) is 23.7 Å². The summed E-state index contributed by atoms with van der Waals surface area (Å²) in [6, 6.07) is 17.0. The normalized spacial score (nSPS) is 14.1. The Hall–Kier alpha value is -4.12. The van der Waals surface area contributed by atoms with Crippen LogP contribution in [0.15, 0.2) is 77.7 Å². The average Bonchev–Trinajstić information content (AvgIpc) is 3.52. The molecule has 1 aliphatic carbocycles. The van der Waals surface area contributed by atoms with E-state index in [1.54, 1.807) is 49.4 Å². The number of amides is 2. The van der Waals surface area contributed by atoms with Gasteiger partial charge in [0, 0.05) is 12.6 Å². The van der Waals surface area contributed by atoms with Crippen LogP contribution in [0, 0.1) is 5.82 Å². The summed E-state index contributed by atoms with van der Waals surface area (Å²) in [6.07, 6.45) is 3.82. The molecule has 0 saturated heterocycles. The molecule has 1 fully saturated rings. The molecule has 2 amide bonds. The first kappa shape index (κ1) is 31.8. The van der Waals surface area contributed by atoms with Gasteiger partial charge in [-0.25, -0.2) is 12.8 Å². The predicted octanol–water partition coefficient (Wildman–Crippen LogP) is 4.90. The van der Waals surface area contributed by atoms with Crippen LogP contribution in [0.5, 0.6) is 11.5 Å². The van der Waals surface area contributed by atoms with Gasteiger partial charge in [-0.15, -0.1) is 0 Å². The number of nitrogens with zero attached hydrogens (tertiary/aromatic N) is 2. The fourth-order valence-corrected chi connectivity index (χ4v) is 6.49. The number of methoxy groups -OCH3 is 1. The molecule has 0 aromatic heterocycles. The maximum atomic E-state index is 14.1. The van der Waals surface area contributed by atoms with E-state index >= 15 is 0 Å². The largest absolute Gasteiger partial charge is 0.497 e. The van der Waals surface area contributed by atoms with Crippen LogP contribution >= 0.6 is 0 Å². The van der Waals surface area contributed by atoms with E-state index in [1.807, 2.05) is 13.0 Å². The van der Waals surface area contributed by atoms with Gasteiger partial charge < -0.3 is 19.7 Å². The number of carbonyl (C=O) groups is 2. The summed E-state index contributed by atoms with van der Waals surface area (Å²) in [5.41, 5.74) is 0.924. The molecule has 1 aliphatic rings. The van der Waals surface area contributed by atoms with E-state index in [9.17, 15) is 22.4 Å². The molecule has 9 nitrogen and oxygen atoms in total. The van der Waals surface area contributed by atoms with E-state index in [0.717, 1.165) is 54.3 Å². The van der Waals surface area contributed by atoms with Crippen molar-refractivity contribution in [3.05, 3.63) is 84.2 Å². The molecule has 1 saturated carbocycles. The average molecular weight is 612 g/mol. The lowest BCUT2D eigenvalue weighted by atomic mass is 10.1. The molecular weight excluding hydrogens is 573 g/mol. The quantitative estimate of drug-likeness (QED) is 0.295. The molecule has 4 rings (SSSR count). The molecule has 230 valence electrons. The van der Waals surface area contributed by atoms with Gasteiger partial charge in [-0.2, -0.15) is 0 Å². The smallest absolute Gasteiger partial charge is 0.264 e. The molecule has 11 heteroatoms. The van der Waals surface area contributed by atoms with Crippen molar-refractivity contribution >= 4 is 27.5 Å². The lowest BCUT2D eigenvalue weighted by molar-refractivity contribution is -0.139. The third-order valence-corrected chi connectivity index (χ3v) is 9.26. The van der Waals surface area contributed by atoms with Gasteiger partial charge in [0.1, 0.15) is 29.9 Å². The molecular formula is C32H38FN3O6S. The van der Waals surface area contributed by atoms with E-state index < -0.39 is 34.3 Å². The highest BCUT2D eigenvalue weighted by atomic mass is 32.2. The summed E-state index contributed by atoms with van der Waals surface area (Å²) in [6.45, 7) is 3.34. The van der Waals surface area contributed by atoms with E-state index in [-0.39, 0.29) is 29.1 Å². The summed E-state index contributed by atoms with van der Waals surface area (Å²) >= 11 is 0. The third kappa shape index (κ3) is 8.04. The van der Waals surface area contributed by atoms with Crippen molar-refractivity contribution in [1.29, 1.82) is 0 Å². The Labute approximate surface area is 252 Å². The van der Waals surface area contributed by atoms with Gasteiger partial charge in [0.2, 0.25) is 11.8 Å². The molecule has 43 heavy (non-hydrogen) atoms. The van der Waals surface area contributed by atoms with Crippen molar-refractivity contribution in [1.82, 2.24) is 10.2 Å². The van der Waals surface area contributed by atoms with Gasteiger partial charge in [-0.1, -0.05) is 25.0 Å². The predicted molar refractivity (Wildman–Crippen MR) is 162 cm³/mol. The molecule has 0 heterocycles. The number of nitrogens with one attached hydrogen (secondary N) is 1. The minimum atomic E-state index is -4.31. The highest BCUT2D eigenvalue weighted by Crippen LogP contribution is 2.27. The standard InChI is InChI=1S/C32H38FN3O6S/c1-4-42-28-16-14-27(15-17-28)36(43(39,40)30-18-12-25(33)13-19-30)22-31(37)35(21-24-8-7-11-29(20-24)41-3)23(2)32(38)34-26-9-5-6-10-26/h7-8,11-20,23,26H,4-6,9-10,21-22H2,1-3H3,(H,34,38). The molecule has 0 bridgehead atoms. The summed E-state index contributed by atoms with van der Waals surface area (Å²) in [5.74, 6) is -0.362. The van der Waals surface area contributed by atoms with Gasteiger partial charge in [-0.3, -0.25) is 13.9 Å². The van der Waals surface area contributed by atoms with Gasteiger partial charge >= 0.3 is 0 Å². The van der Waals surface area contributed by atoms with Crippen LogP contribution in [0.2, 0.25) is 0 Å². The van der Waals surface area contributed by atoms with Crippen LogP contribution in [-0.2, 0) is 26.2 Å². The van der Waals surface area contributed by atoms with Gasteiger partial charge in [0.05, 0.1) is 24.3 Å². The highest BCUT2D eigenvalue weighted by Gasteiger charge is 2.33. The molecule has 3 aromatic rings. The monoisotopic (exact) mass is 611 g/mol.